The van der Waals surface area contributed by atoms with Gasteiger partial charge in [-0.05, 0) is 12.2 Å². The summed E-state index contributed by atoms with van der Waals surface area (Å²) in [7, 11) is 0. The topological polar surface area (TPSA) is 158 Å². The van der Waals surface area contributed by atoms with Crippen LogP contribution in [-0.2, 0) is 11.4 Å². The van der Waals surface area contributed by atoms with Crippen molar-refractivity contribution in [1.29, 1.82) is 0 Å². The fourth-order valence-corrected chi connectivity index (χ4v) is 0.474. The molecule has 0 aromatic carbocycles. The Labute approximate surface area is 137 Å². The molecule has 0 spiro atoms. The zero-order valence-corrected chi connectivity index (χ0v) is 14.4. The van der Waals surface area contributed by atoms with E-state index in [-0.39, 0.29) is 75.5 Å². The number of thiol groups is 1. The third-order valence-electron chi connectivity index (χ3n) is 0.512. The van der Waals surface area contributed by atoms with Crippen molar-refractivity contribution in [2.24, 2.45) is 0 Å². The van der Waals surface area contributed by atoms with Gasteiger partial charge in [0.25, 0.3) is 0 Å². The van der Waals surface area contributed by atoms with Crippen molar-refractivity contribution in [2.75, 3.05) is 5.75 Å². The number of hydrogen-bond acceptors (Lipinski definition) is 4. The molecule has 0 radical (unpaired) electrons. The van der Waals surface area contributed by atoms with E-state index < -0.39 is 11.4 Å². The summed E-state index contributed by atoms with van der Waals surface area (Å²) in [5.74, 6) is 1.04. The molecule has 6 nitrogen and oxygen atoms in total. The number of rotatable bonds is 2. The van der Waals surface area contributed by atoms with E-state index in [1.165, 1.54) is 12.8 Å². The normalized spacial score (nSPS) is 5.50. The van der Waals surface area contributed by atoms with E-state index in [4.69, 9.17) is 13.3 Å². The summed E-state index contributed by atoms with van der Waals surface area (Å²) in [6.45, 7) is 2.16. The third kappa shape index (κ3) is 137. The predicted octanol–water partition coefficient (Wildman–Crippen LogP) is -7.75. The molecule has 0 bridgehead atoms. The second kappa shape index (κ2) is 45.4. The van der Waals surface area contributed by atoms with E-state index in [1.807, 2.05) is 0 Å². The maximum Gasteiger partial charge on any atom is 1.00 e. The van der Waals surface area contributed by atoms with Crippen LogP contribution in [0.25, 0.3) is 0 Å². The van der Waals surface area contributed by atoms with Gasteiger partial charge in [0.2, 0.25) is 0 Å². The van der Waals surface area contributed by atoms with Gasteiger partial charge in [0.15, 0.2) is 0 Å². The molecule has 0 aromatic rings. The van der Waals surface area contributed by atoms with Crippen molar-refractivity contribution >= 4 is 24.0 Å². The SMILES string of the molecule is CCCCS.O.O.O.O=S([O-])[O-].[Na+].[Na+]. The second-order valence-electron chi connectivity index (χ2n) is 1.28. The smallest absolute Gasteiger partial charge is 0.784 e. The Morgan fingerprint density at radius 1 is 1.14 bits per heavy atom. The van der Waals surface area contributed by atoms with Crippen LogP contribution in [0.4, 0.5) is 0 Å². The molecule has 0 rings (SSSR count). The van der Waals surface area contributed by atoms with Crippen molar-refractivity contribution in [1.82, 2.24) is 0 Å². The summed E-state index contributed by atoms with van der Waals surface area (Å²) < 4.78 is 25.3. The van der Waals surface area contributed by atoms with Crippen molar-refractivity contribution in [3.63, 3.8) is 0 Å². The van der Waals surface area contributed by atoms with Gasteiger partial charge in [-0.3, -0.25) is 4.21 Å². The molecule has 0 aromatic heterocycles. The Bertz CT molecular complexity index is 72.9. The Morgan fingerprint density at radius 2 is 1.36 bits per heavy atom. The van der Waals surface area contributed by atoms with E-state index >= 15 is 0 Å². The fraction of sp³-hybridized carbons (Fsp3) is 1.00. The summed E-state index contributed by atoms with van der Waals surface area (Å²) in [5.41, 5.74) is 0. The third-order valence-corrected chi connectivity index (χ3v) is 0.828. The summed E-state index contributed by atoms with van der Waals surface area (Å²) in [6.07, 6.45) is 2.52. The number of hydrogen-bond donors (Lipinski definition) is 1. The average Bonchev–Trinajstić information content (AvgIpc) is 1.66. The van der Waals surface area contributed by atoms with Gasteiger partial charge in [-0.2, -0.15) is 12.6 Å². The van der Waals surface area contributed by atoms with Crippen molar-refractivity contribution in [3.05, 3.63) is 0 Å². The molecular weight excluding hydrogens is 254 g/mol. The Balaban J connectivity index is -0.0000000104. The zero-order chi connectivity index (χ0) is 7.70. The van der Waals surface area contributed by atoms with Gasteiger partial charge in [0.05, 0.1) is 0 Å². The minimum Gasteiger partial charge on any atom is -0.784 e. The van der Waals surface area contributed by atoms with Gasteiger partial charge >= 0.3 is 59.1 Å². The fourth-order valence-electron chi connectivity index (χ4n) is 0.158. The second-order valence-corrected chi connectivity index (χ2v) is 2.14. The van der Waals surface area contributed by atoms with Crippen LogP contribution in [0, 0.1) is 0 Å². The first-order valence-electron chi connectivity index (χ1n) is 2.52. The Morgan fingerprint density at radius 3 is 1.36 bits per heavy atom. The van der Waals surface area contributed by atoms with Crippen molar-refractivity contribution < 1.29 is 88.9 Å². The molecule has 0 atom stereocenters. The molecule has 0 amide bonds. The van der Waals surface area contributed by atoms with E-state index in [0.29, 0.717) is 0 Å². The van der Waals surface area contributed by atoms with Crippen LogP contribution in [-0.4, -0.2) is 35.5 Å². The van der Waals surface area contributed by atoms with Crippen LogP contribution in [0.1, 0.15) is 19.8 Å². The van der Waals surface area contributed by atoms with Crippen LogP contribution in [0.15, 0.2) is 0 Å². The molecule has 0 saturated heterocycles. The quantitative estimate of drug-likeness (QED) is 0.300. The molecular formula is C4H16Na2O6S2. The Kier molecular flexibility index (Phi) is 143. The molecule has 10 heteroatoms. The van der Waals surface area contributed by atoms with Gasteiger partial charge in [-0.15, -0.1) is 11.4 Å². The van der Waals surface area contributed by atoms with Gasteiger partial charge in [0, 0.05) is 0 Å². The summed E-state index contributed by atoms with van der Waals surface area (Å²) in [5, 5.41) is 0. The summed E-state index contributed by atoms with van der Waals surface area (Å²) in [4.78, 5) is 0. The van der Waals surface area contributed by atoms with Crippen molar-refractivity contribution in [2.45, 2.75) is 19.8 Å². The van der Waals surface area contributed by atoms with Crippen LogP contribution < -0.4 is 59.1 Å². The average molecular weight is 270 g/mol. The number of unbranched alkanes of at least 4 members (excludes halogenated alkanes) is 1. The van der Waals surface area contributed by atoms with Crippen LogP contribution in [0.2, 0.25) is 0 Å². The van der Waals surface area contributed by atoms with Crippen molar-refractivity contribution in [3.8, 4) is 0 Å². The first-order valence-corrected chi connectivity index (χ1v) is 4.16. The minimum absolute atomic E-state index is 0. The maximum atomic E-state index is 8.44. The monoisotopic (exact) mass is 270 g/mol. The largest absolute Gasteiger partial charge is 1.00 e. The van der Waals surface area contributed by atoms with Crippen LogP contribution in [0.3, 0.4) is 0 Å². The molecule has 0 aliphatic heterocycles. The molecule has 0 unspecified atom stereocenters. The molecule has 0 saturated carbocycles. The summed E-state index contributed by atoms with van der Waals surface area (Å²) in [6, 6.07) is 0. The first-order chi connectivity index (χ1) is 4.15. The molecule has 14 heavy (non-hydrogen) atoms. The molecule has 82 valence electrons. The molecule has 0 heterocycles. The predicted molar refractivity (Wildman–Crippen MR) is 49.3 cm³/mol. The molecule has 6 N–H and O–H groups in total. The molecule has 0 aliphatic rings. The standard InChI is InChI=1S/C4H10S.2Na.H2O3S.3H2O/c1-2-3-4-5;;;1-4(2)3;;;/h5H,2-4H2,1H3;;;(H2,1,2,3);3*1H2/q;2*+1;;;;/p-2. The van der Waals surface area contributed by atoms with Gasteiger partial charge in [-0.1, -0.05) is 13.3 Å². The van der Waals surface area contributed by atoms with Crippen LogP contribution in [0.5, 0.6) is 0 Å². The first kappa shape index (κ1) is 44.1. The van der Waals surface area contributed by atoms with Gasteiger partial charge < -0.3 is 25.5 Å². The minimum atomic E-state index is -3.11. The van der Waals surface area contributed by atoms with E-state index in [9.17, 15) is 0 Å². The Hall–Kier alpha value is 2.30. The van der Waals surface area contributed by atoms with E-state index in [2.05, 4.69) is 19.6 Å². The van der Waals surface area contributed by atoms with Crippen LogP contribution >= 0.6 is 12.6 Å². The summed E-state index contributed by atoms with van der Waals surface area (Å²) >= 11 is 0.890. The maximum absolute atomic E-state index is 8.44. The zero-order valence-electron chi connectivity index (χ0n) is 8.70. The van der Waals surface area contributed by atoms with E-state index in [0.717, 1.165) is 5.75 Å². The van der Waals surface area contributed by atoms with E-state index in [1.54, 1.807) is 0 Å². The van der Waals surface area contributed by atoms with Gasteiger partial charge in [0.1, 0.15) is 0 Å². The molecule has 0 fully saturated rings. The van der Waals surface area contributed by atoms with Gasteiger partial charge in [-0.25, -0.2) is 0 Å². The molecule has 0 aliphatic carbocycles.